The zero-order chi connectivity index (χ0) is 17.5. The van der Waals surface area contributed by atoms with Crippen LogP contribution < -0.4 is 0 Å². The first kappa shape index (κ1) is 16.5. The van der Waals surface area contributed by atoms with Gasteiger partial charge in [-0.15, -0.1) is 0 Å². The number of hydrogen-bond acceptors (Lipinski definition) is 6. The quantitative estimate of drug-likeness (QED) is 0.579. The number of rotatable bonds is 2. The molecule has 0 aliphatic carbocycles. The molecule has 1 aromatic carbocycles. The van der Waals surface area contributed by atoms with Gasteiger partial charge < -0.3 is 15.3 Å². The Morgan fingerprint density at radius 1 is 1.08 bits per heavy atom. The van der Waals surface area contributed by atoms with Crippen LogP contribution in [0.4, 0.5) is 0 Å². The molecule has 0 unspecified atom stereocenters. The standard InChI is InChI=1S/C18H23N3O3/c1-18(2,3)17-19-8-12-10-21(5-4-13(12)20-17)9-11-6-15(23)16(24)7-14(11)22/h6-8,22-24H,4-5,9-10H2,1-3H3. The Labute approximate surface area is 141 Å². The van der Waals surface area contributed by atoms with Crippen LogP contribution in [0.2, 0.25) is 0 Å². The van der Waals surface area contributed by atoms with Crippen molar-refractivity contribution in [1.82, 2.24) is 14.9 Å². The summed E-state index contributed by atoms with van der Waals surface area (Å²) in [6.07, 6.45) is 2.72. The summed E-state index contributed by atoms with van der Waals surface area (Å²) >= 11 is 0. The second-order valence-electron chi connectivity index (χ2n) is 7.35. The number of phenolic OH excluding ortho intramolecular Hbond substituents is 3. The normalized spacial score (nSPS) is 15.3. The zero-order valence-electron chi connectivity index (χ0n) is 14.2. The molecule has 2 aromatic rings. The Kier molecular flexibility index (Phi) is 4.09. The number of phenols is 3. The summed E-state index contributed by atoms with van der Waals surface area (Å²) in [6.45, 7) is 8.30. The molecule has 3 rings (SSSR count). The minimum Gasteiger partial charge on any atom is -0.507 e. The lowest BCUT2D eigenvalue weighted by atomic mass is 9.95. The van der Waals surface area contributed by atoms with E-state index in [-0.39, 0.29) is 22.7 Å². The van der Waals surface area contributed by atoms with Crippen molar-refractivity contribution in [3.05, 3.63) is 41.0 Å². The molecular weight excluding hydrogens is 306 g/mol. The highest BCUT2D eigenvalue weighted by atomic mass is 16.3. The van der Waals surface area contributed by atoms with Gasteiger partial charge >= 0.3 is 0 Å². The van der Waals surface area contributed by atoms with Gasteiger partial charge in [-0.3, -0.25) is 4.90 Å². The molecule has 0 fully saturated rings. The maximum Gasteiger partial charge on any atom is 0.161 e. The molecule has 1 aliphatic rings. The van der Waals surface area contributed by atoms with Gasteiger partial charge in [-0.05, 0) is 6.07 Å². The van der Waals surface area contributed by atoms with Gasteiger partial charge in [0.1, 0.15) is 11.6 Å². The Hall–Kier alpha value is -2.34. The van der Waals surface area contributed by atoms with Gasteiger partial charge in [-0.2, -0.15) is 0 Å². The molecule has 0 atom stereocenters. The van der Waals surface area contributed by atoms with Gasteiger partial charge in [0.05, 0.1) is 0 Å². The summed E-state index contributed by atoms with van der Waals surface area (Å²) in [5.41, 5.74) is 2.70. The minimum atomic E-state index is -0.316. The van der Waals surface area contributed by atoms with Crippen LogP contribution in [0.5, 0.6) is 17.2 Å². The van der Waals surface area contributed by atoms with Crippen LogP contribution in [0.3, 0.4) is 0 Å². The van der Waals surface area contributed by atoms with E-state index in [1.165, 1.54) is 12.1 Å². The van der Waals surface area contributed by atoms with E-state index in [1.807, 2.05) is 6.20 Å². The minimum absolute atomic E-state index is 0.0181. The number of nitrogens with zero attached hydrogens (tertiary/aromatic N) is 3. The molecule has 0 amide bonds. The number of aromatic hydroxyl groups is 3. The van der Waals surface area contributed by atoms with Crippen LogP contribution in [-0.2, 0) is 24.9 Å². The van der Waals surface area contributed by atoms with E-state index in [0.29, 0.717) is 18.7 Å². The van der Waals surface area contributed by atoms with Crippen molar-refractivity contribution in [2.45, 2.75) is 45.7 Å². The highest BCUT2D eigenvalue weighted by Crippen LogP contribution is 2.33. The SMILES string of the molecule is CC(C)(C)c1ncc2c(n1)CCN(Cc1cc(O)c(O)cc1O)C2. The van der Waals surface area contributed by atoms with Gasteiger partial charge in [0.2, 0.25) is 0 Å². The predicted octanol–water partition coefficient (Wildman–Crippen LogP) is 2.45. The third kappa shape index (κ3) is 3.28. The van der Waals surface area contributed by atoms with Gasteiger partial charge in [-0.25, -0.2) is 9.97 Å². The van der Waals surface area contributed by atoms with Crippen molar-refractivity contribution in [2.75, 3.05) is 6.54 Å². The smallest absolute Gasteiger partial charge is 0.161 e. The van der Waals surface area contributed by atoms with Crippen molar-refractivity contribution >= 4 is 0 Å². The third-order valence-corrected chi connectivity index (χ3v) is 4.25. The van der Waals surface area contributed by atoms with E-state index in [4.69, 9.17) is 4.98 Å². The second kappa shape index (κ2) is 5.94. The number of aromatic nitrogens is 2. The van der Waals surface area contributed by atoms with Gasteiger partial charge in [0.15, 0.2) is 11.5 Å². The molecule has 6 heteroatoms. The summed E-state index contributed by atoms with van der Waals surface area (Å²) in [7, 11) is 0. The molecule has 128 valence electrons. The van der Waals surface area contributed by atoms with Gasteiger partial charge in [0.25, 0.3) is 0 Å². The number of hydrogen-bond donors (Lipinski definition) is 3. The molecule has 0 saturated heterocycles. The lowest BCUT2D eigenvalue weighted by Crippen LogP contribution is -2.32. The van der Waals surface area contributed by atoms with Crippen LogP contribution >= 0.6 is 0 Å². The fourth-order valence-corrected chi connectivity index (χ4v) is 2.85. The number of benzene rings is 1. The highest BCUT2D eigenvalue weighted by molar-refractivity contribution is 5.48. The fraction of sp³-hybridized carbons (Fsp3) is 0.444. The number of fused-ring (bicyclic) bond motifs is 1. The molecule has 1 aromatic heterocycles. The first-order valence-electron chi connectivity index (χ1n) is 8.05. The maximum atomic E-state index is 9.95. The second-order valence-corrected chi connectivity index (χ2v) is 7.35. The zero-order valence-corrected chi connectivity index (χ0v) is 14.2. The third-order valence-electron chi connectivity index (χ3n) is 4.25. The molecular formula is C18H23N3O3. The topological polar surface area (TPSA) is 89.7 Å². The largest absolute Gasteiger partial charge is 0.507 e. The molecule has 6 nitrogen and oxygen atoms in total. The van der Waals surface area contributed by atoms with Crippen LogP contribution in [0.15, 0.2) is 18.3 Å². The average molecular weight is 329 g/mol. The highest BCUT2D eigenvalue weighted by Gasteiger charge is 2.23. The molecule has 3 N–H and O–H groups in total. The monoisotopic (exact) mass is 329 g/mol. The van der Waals surface area contributed by atoms with Crippen LogP contribution in [0, 0.1) is 0 Å². The van der Waals surface area contributed by atoms with E-state index in [1.54, 1.807) is 0 Å². The van der Waals surface area contributed by atoms with E-state index >= 15 is 0 Å². The van der Waals surface area contributed by atoms with Crippen LogP contribution in [0.25, 0.3) is 0 Å². The molecule has 1 aliphatic heterocycles. The fourth-order valence-electron chi connectivity index (χ4n) is 2.85. The van der Waals surface area contributed by atoms with E-state index < -0.39 is 0 Å². The molecule has 0 spiro atoms. The maximum absolute atomic E-state index is 9.95. The van der Waals surface area contributed by atoms with E-state index in [2.05, 4.69) is 30.7 Å². The molecule has 0 saturated carbocycles. The van der Waals surface area contributed by atoms with Crippen molar-refractivity contribution in [2.24, 2.45) is 0 Å². The first-order chi connectivity index (χ1) is 11.2. The molecule has 24 heavy (non-hydrogen) atoms. The Morgan fingerprint density at radius 2 is 1.79 bits per heavy atom. The molecule has 2 heterocycles. The molecule has 0 radical (unpaired) electrons. The Morgan fingerprint density at radius 3 is 2.50 bits per heavy atom. The van der Waals surface area contributed by atoms with Gasteiger partial charge in [0, 0.05) is 60.6 Å². The summed E-state index contributed by atoms with van der Waals surface area (Å²) in [4.78, 5) is 11.4. The van der Waals surface area contributed by atoms with Crippen LogP contribution in [0.1, 0.15) is 43.4 Å². The molecule has 0 bridgehead atoms. The summed E-state index contributed by atoms with van der Waals surface area (Å²) in [6, 6.07) is 2.57. The van der Waals surface area contributed by atoms with Crippen molar-refractivity contribution in [3.8, 4) is 17.2 Å². The van der Waals surface area contributed by atoms with E-state index in [9.17, 15) is 15.3 Å². The van der Waals surface area contributed by atoms with Crippen LogP contribution in [-0.4, -0.2) is 36.7 Å². The van der Waals surface area contributed by atoms with Crippen molar-refractivity contribution in [3.63, 3.8) is 0 Å². The lowest BCUT2D eigenvalue weighted by Gasteiger charge is -2.29. The van der Waals surface area contributed by atoms with Crippen molar-refractivity contribution in [1.29, 1.82) is 0 Å². The lowest BCUT2D eigenvalue weighted by molar-refractivity contribution is 0.238. The van der Waals surface area contributed by atoms with Crippen molar-refractivity contribution < 1.29 is 15.3 Å². The Balaban J connectivity index is 1.77. The summed E-state index contributed by atoms with van der Waals surface area (Å²) in [5.74, 6) is 0.299. The average Bonchev–Trinajstić information content (AvgIpc) is 2.51. The predicted molar refractivity (Wildman–Crippen MR) is 90.0 cm³/mol. The Bertz CT molecular complexity index is 769. The van der Waals surface area contributed by atoms with E-state index in [0.717, 1.165) is 30.0 Å². The summed E-state index contributed by atoms with van der Waals surface area (Å²) in [5, 5.41) is 29.0. The first-order valence-corrected chi connectivity index (χ1v) is 8.05. The summed E-state index contributed by atoms with van der Waals surface area (Å²) < 4.78 is 0. The van der Waals surface area contributed by atoms with Gasteiger partial charge in [-0.1, -0.05) is 20.8 Å².